The van der Waals surface area contributed by atoms with Gasteiger partial charge in [-0.05, 0) is 19.4 Å². The molecule has 2 aromatic rings. The van der Waals surface area contributed by atoms with Gasteiger partial charge in [-0.25, -0.2) is 0 Å². The molecule has 0 fully saturated rings. The zero-order chi connectivity index (χ0) is 15.5. The van der Waals surface area contributed by atoms with Gasteiger partial charge in [0, 0.05) is 30.4 Å². The van der Waals surface area contributed by atoms with Crippen LogP contribution in [0.1, 0.15) is 43.5 Å². The summed E-state index contributed by atoms with van der Waals surface area (Å²) in [6.45, 7) is 4.84. The van der Waals surface area contributed by atoms with Gasteiger partial charge < -0.3 is 0 Å². The molecule has 2 heterocycles. The molecule has 0 saturated carbocycles. The third-order valence-electron chi connectivity index (χ3n) is 3.96. The fourth-order valence-corrected chi connectivity index (χ4v) is 2.84. The molecular weight excluding hydrogens is 274 g/mol. The Labute approximate surface area is 130 Å². The molecule has 3 rings (SSSR count). The first-order valence-corrected chi connectivity index (χ1v) is 7.52. The number of nitriles is 1. The van der Waals surface area contributed by atoms with Gasteiger partial charge in [0.1, 0.15) is 0 Å². The maximum Gasteiger partial charge on any atom is 0.162 e. The van der Waals surface area contributed by atoms with Gasteiger partial charge in [0.2, 0.25) is 0 Å². The second-order valence-corrected chi connectivity index (χ2v) is 5.51. The van der Waals surface area contributed by atoms with E-state index in [1.54, 1.807) is 6.20 Å². The molecule has 112 valence electrons. The Morgan fingerprint density at radius 3 is 2.77 bits per heavy atom. The van der Waals surface area contributed by atoms with Gasteiger partial charge in [0.25, 0.3) is 0 Å². The van der Waals surface area contributed by atoms with Crippen LogP contribution in [0.5, 0.6) is 0 Å². The average Bonchev–Trinajstić information content (AvgIpc) is 3.16. The minimum absolute atomic E-state index is 0.107. The van der Waals surface area contributed by atoms with E-state index >= 15 is 0 Å². The smallest absolute Gasteiger partial charge is 0.162 e. The molecular formula is C17H19N5. The maximum absolute atomic E-state index is 9.67. The number of nitrogens with zero attached hydrogens (tertiary/aromatic N) is 5. The van der Waals surface area contributed by atoms with Crippen molar-refractivity contribution >= 4 is 5.71 Å². The average molecular weight is 293 g/mol. The summed E-state index contributed by atoms with van der Waals surface area (Å²) in [5.74, 6) is 0. The molecule has 0 bridgehead atoms. The van der Waals surface area contributed by atoms with Crippen molar-refractivity contribution in [3.8, 4) is 6.07 Å². The highest BCUT2D eigenvalue weighted by atomic mass is 15.5. The van der Waals surface area contributed by atoms with Crippen molar-refractivity contribution in [1.29, 1.82) is 5.26 Å². The molecule has 22 heavy (non-hydrogen) atoms. The van der Waals surface area contributed by atoms with Crippen molar-refractivity contribution in [2.75, 3.05) is 0 Å². The van der Waals surface area contributed by atoms with Crippen LogP contribution in [-0.4, -0.2) is 20.5 Å². The van der Waals surface area contributed by atoms with Crippen LogP contribution in [0.3, 0.4) is 0 Å². The second kappa shape index (κ2) is 6.02. The Bertz CT molecular complexity index is 710. The maximum atomic E-state index is 9.67. The van der Waals surface area contributed by atoms with Crippen LogP contribution in [0.4, 0.5) is 0 Å². The fraction of sp³-hybridized carbons (Fsp3) is 0.353. The molecule has 1 aromatic carbocycles. The molecule has 0 amide bonds. The topological polar surface area (TPSA) is 57.2 Å². The largest absolute Gasteiger partial charge is 0.273 e. The monoisotopic (exact) mass is 293 g/mol. The lowest BCUT2D eigenvalue weighted by atomic mass is 10.0. The number of hydrogen-bond acceptors (Lipinski definition) is 4. The molecule has 2 atom stereocenters. The lowest BCUT2D eigenvalue weighted by molar-refractivity contribution is 0.196. The molecule has 0 unspecified atom stereocenters. The van der Waals surface area contributed by atoms with Crippen LogP contribution in [0.15, 0.2) is 47.8 Å². The summed E-state index contributed by atoms with van der Waals surface area (Å²) < 4.78 is 1.84. The van der Waals surface area contributed by atoms with E-state index in [1.165, 1.54) is 5.56 Å². The zero-order valence-corrected chi connectivity index (χ0v) is 12.8. The Morgan fingerprint density at radius 1 is 1.36 bits per heavy atom. The minimum atomic E-state index is -0.414. The lowest BCUT2D eigenvalue weighted by Gasteiger charge is -2.27. The zero-order valence-electron chi connectivity index (χ0n) is 12.8. The van der Waals surface area contributed by atoms with Crippen molar-refractivity contribution in [1.82, 2.24) is 14.8 Å². The van der Waals surface area contributed by atoms with E-state index in [1.807, 2.05) is 47.9 Å². The van der Waals surface area contributed by atoms with Crippen LogP contribution in [0.25, 0.3) is 0 Å². The number of rotatable bonds is 4. The van der Waals surface area contributed by atoms with Crippen molar-refractivity contribution in [3.63, 3.8) is 0 Å². The standard InChI is InChI=1S/C17H19N5/c1-3-21-12-15(11-19-21)17(10-18)22-16(9-13(2)20-22)14-7-5-4-6-8-14/h4-8,11-12,16-17H,3,9H2,1-2H3/t16-,17-/m0/s1. The van der Waals surface area contributed by atoms with Crippen molar-refractivity contribution in [2.24, 2.45) is 5.10 Å². The number of hydrogen-bond donors (Lipinski definition) is 0. The highest BCUT2D eigenvalue weighted by Gasteiger charge is 2.33. The molecule has 0 N–H and O–H groups in total. The van der Waals surface area contributed by atoms with Crippen LogP contribution >= 0.6 is 0 Å². The highest BCUT2D eigenvalue weighted by molar-refractivity contribution is 5.84. The first-order chi connectivity index (χ1) is 10.7. The van der Waals surface area contributed by atoms with E-state index in [-0.39, 0.29) is 6.04 Å². The van der Waals surface area contributed by atoms with Crippen LogP contribution in [0, 0.1) is 11.3 Å². The van der Waals surface area contributed by atoms with Crippen LogP contribution in [-0.2, 0) is 6.54 Å². The first-order valence-electron chi connectivity index (χ1n) is 7.52. The molecule has 0 saturated heterocycles. The number of benzene rings is 1. The van der Waals surface area contributed by atoms with Gasteiger partial charge in [0.15, 0.2) is 6.04 Å². The van der Waals surface area contributed by atoms with Gasteiger partial charge in [-0.2, -0.15) is 15.5 Å². The fourth-order valence-electron chi connectivity index (χ4n) is 2.84. The predicted octanol–water partition coefficient (Wildman–Crippen LogP) is 3.29. The Kier molecular flexibility index (Phi) is 3.92. The lowest BCUT2D eigenvalue weighted by Crippen LogP contribution is -2.24. The summed E-state index contributed by atoms with van der Waals surface area (Å²) in [7, 11) is 0. The quantitative estimate of drug-likeness (QED) is 0.869. The van der Waals surface area contributed by atoms with Crippen molar-refractivity contribution < 1.29 is 0 Å². The SMILES string of the molecule is CCn1cc([C@H](C#N)N2N=C(C)C[C@H]2c2ccccc2)cn1. The second-order valence-electron chi connectivity index (χ2n) is 5.51. The van der Waals surface area contributed by atoms with E-state index in [9.17, 15) is 5.26 Å². The molecule has 5 heteroatoms. The van der Waals surface area contributed by atoms with Gasteiger partial charge in [0.05, 0.1) is 18.3 Å². The third kappa shape index (κ3) is 2.60. The third-order valence-corrected chi connectivity index (χ3v) is 3.96. The van der Waals surface area contributed by atoms with Crippen molar-refractivity contribution in [2.45, 2.75) is 38.9 Å². The van der Waals surface area contributed by atoms with Gasteiger partial charge >= 0.3 is 0 Å². The first kappa shape index (κ1) is 14.3. The van der Waals surface area contributed by atoms with Crippen LogP contribution in [0.2, 0.25) is 0 Å². The molecule has 1 aliphatic rings. The van der Waals surface area contributed by atoms with Gasteiger partial charge in [-0.3, -0.25) is 9.69 Å². The summed E-state index contributed by atoms with van der Waals surface area (Å²) in [5.41, 5.74) is 3.13. The van der Waals surface area contributed by atoms with E-state index < -0.39 is 6.04 Å². The predicted molar refractivity (Wildman–Crippen MR) is 85.0 cm³/mol. The van der Waals surface area contributed by atoms with Gasteiger partial charge in [-0.1, -0.05) is 30.3 Å². The van der Waals surface area contributed by atoms with E-state index in [0.717, 1.165) is 24.2 Å². The normalized spacial score (nSPS) is 18.9. The number of hydrazone groups is 1. The minimum Gasteiger partial charge on any atom is -0.273 e. The van der Waals surface area contributed by atoms with Gasteiger partial charge in [-0.15, -0.1) is 0 Å². The molecule has 5 nitrogen and oxygen atoms in total. The Morgan fingerprint density at radius 2 is 2.14 bits per heavy atom. The molecule has 0 radical (unpaired) electrons. The molecule has 1 aliphatic heterocycles. The molecule has 0 aliphatic carbocycles. The Balaban J connectivity index is 1.94. The number of aromatic nitrogens is 2. The van der Waals surface area contributed by atoms with Crippen molar-refractivity contribution in [3.05, 3.63) is 53.9 Å². The van der Waals surface area contributed by atoms with E-state index in [0.29, 0.717) is 0 Å². The van der Waals surface area contributed by atoms with E-state index in [2.05, 4.69) is 28.4 Å². The summed E-state index contributed by atoms with van der Waals surface area (Å²) >= 11 is 0. The molecule has 0 spiro atoms. The van der Waals surface area contributed by atoms with Crippen LogP contribution < -0.4 is 0 Å². The summed E-state index contributed by atoms with van der Waals surface area (Å²) in [5, 5.41) is 20.5. The Hall–Kier alpha value is -2.61. The summed E-state index contributed by atoms with van der Waals surface area (Å²) in [4.78, 5) is 0. The summed E-state index contributed by atoms with van der Waals surface area (Å²) in [6, 6.07) is 12.3. The van der Waals surface area contributed by atoms with E-state index in [4.69, 9.17) is 0 Å². The summed E-state index contributed by atoms with van der Waals surface area (Å²) in [6.07, 6.45) is 4.55. The molecule has 1 aromatic heterocycles. The number of aryl methyl sites for hydroxylation is 1. The highest BCUT2D eigenvalue weighted by Crippen LogP contribution is 2.37.